The zero-order valence-electron chi connectivity index (χ0n) is 10.7. The minimum absolute atomic E-state index is 0.276. The number of nitrogens with two attached hydrogens (primary N) is 1. The van der Waals surface area contributed by atoms with Gasteiger partial charge in [0.2, 0.25) is 0 Å². The predicted octanol–water partition coefficient (Wildman–Crippen LogP) is 2.05. The van der Waals surface area contributed by atoms with Crippen molar-refractivity contribution < 1.29 is 9.50 Å². The Balaban J connectivity index is 2.92. The highest BCUT2D eigenvalue weighted by Crippen LogP contribution is 2.27. The van der Waals surface area contributed by atoms with E-state index in [0.717, 1.165) is 5.69 Å². The molecule has 1 rings (SSSR count). The molecule has 0 bridgehead atoms. The van der Waals surface area contributed by atoms with Crippen molar-refractivity contribution in [2.24, 2.45) is 5.73 Å². The summed E-state index contributed by atoms with van der Waals surface area (Å²) in [6, 6.07) is 4.60. The third kappa shape index (κ3) is 3.68. The normalized spacial score (nSPS) is 14.5. The van der Waals surface area contributed by atoms with Gasteiger partial charge in [-0.05, 0) is 32.4 Å². The molecule has 3 nitrogen and oxygen atoms in total. The second-order valence-corrected chi connectivity index (χ2v) is 4.52. The lowest BCUT2D eigenvalue weighted by Crippen LogP contribution is -2.24. The van der Waals surface area contributed by atoms with E-state index in [1.165, 1.54) is 6.07 Å². The Morgan fingerprint density at radius 1 is 1.41 bits per heavy atom. The molecule has 4 heteroatoms. The van der Waals surface area contributed by atoms with Crippen molar-refractivity contribution in [1.29, 1.82) is 0 Å². The van der Waals surface area contributed by atoms with Crippen LogP contribution < -0.4 is 10.6 Å². The molecule has 96 valence electrons. The largest absolute Gasteiger partial charge is 0.393 e. The molecular weight excluding hydrogens is 219 g/mol. The van der Waals surface area contributed by atoms with Crippen LogP contribution in [0.25, 0.3) is 0 Å². The zero-order valence-corrected chi connectivity index (χ0v) is 10.7. The van der Waals surface area contributed by atoms with Crippen LogP contribution in [0.15, 0.2) is 18.2 Å². The molecule has 3 N–H and O–H groups in total. The molecule has 1 aromatic rings. The smallest absolute Gasteiger partial charge is 0.130 e. The van der Waals surface area contributed by atoms with Gasteiger partial charge in [0, 0.05) is 30.9 Å². The van der Waals surface area contributed by atoms with E-state index >= 15 is 0 Å². The van der Waals surface area contributed by atoms with E-state index in [-0.39, 0.29) is 18.0 Å². The van der Waals surface area contributed by atoms with Crippen LogP contribution in [0.5, 0.6) is 0 Å². The van der Waals surface area contributed by atoms with Crippen LogP contribution in [-0.4, -0.2) is 24.8 Å². The molecule has 2 atom stereocenters. The van der Waals surface area contributed by atoms with Crippen LogP contribution in [-0.2, 0) is 0 Å². The number of hydrogen-bond acceptors (Lipinski definition) is 3. The molecule has 0 aliphatic heterocycles. The van der Waals surface area contributed by atoms with E-state index in [1.54, 1.807) is 19.9 Å². The van der Waals surface area contributed by atoms with Gasteiger partial charge >= 0.3 is 0 Å². The lowest BCUT2D eigenvalue weighted by molar-refractivity contribution is 0.187. The molecular formula is C13H21FN2O. The van der Waals surface area contributed by atoms with Crippen molar-refractivity contribution in [1.82, 2.24) is 0 Å². The Bertz CT molecular complexity index is 366. The van der Waals surface area contributed by atoms with Crippen LogP contribution in [0.3, 0.4) is 0 Å². The molecule has 0 amide bonds. The molecule has 0 aliphatic rings. The van der Waals surface area contributed by atoms with Gasteiger partial charge in [-0.1, -0.05) is 6.07 Å². The van der Waals surface area contributed by atoms with Crippen LogP contribution >= 0.6 is 0 Å². The van der Waals surface area contributed by atoms with E-state index < -0.39 is 0 Å². The van der Waals surface area contributed by atoms with E-state index in [4.69, 9.17) is 5.73 Å². The lowest BCUT2D eigenvalue weighted by atomic mass is 10.0. The van der Waals surface area contributed by atoms with E-state index in [1.807, 2.05) is 18.0 Å². The van der Waals surface area contributed by atoms with Crippen molar-refractivity contribution in [3.05, 3.63) is 29.6 Å². The molecule has 0 fully saturated rings. The van der Waals surface area contributed by atoms with Gasteiger partial charge in [-0.2, -0.15) is 0 Å². The van der Waals surface area contributed by atoms with Gasteiger partial charge in [0.05, 0.1) is 6.10 Å². The number of benzene rings is 1. The Hall–Kier alpha value is -1.13. The van der Waals surface area contributed by atoms with Crippen molar-refractivity contribution in [2.45, 2.75) is 32.4 Å². The lowest BCUT2D eigenvalue weighted by Gasteiger charge is -2.24. The highest BCUT2D eigenvalue weighted by atomic mass is 19.1. The predicted molar refractivity (Wildman–Crippen MR) is 68.6 cm³/mol. The second-order valence-electron chi connectivity index (χ2n) is 4.52. The molecule has 0 aromatic heterocycles. The molecule has 0 saturated carbocycles. The van der Waals surface area contributed by atoms with Crippen molar-refractivity contribution in [3.8, 4) is 0 Å². The summed E-state index contributed by atoms with van der Waals surface area (Å²) in [5.41, 5.74) is 7.11. The van der Waals surface area contributed by atoms with E-state index in [9.17, 15) is 9.50 Å². The van der Waals surface area contributed by atoms with Crippen LogP contribution in [0.2, 0.25) is 0 Å². The van der Waals surface area contributed by atoms with Crippen LogP contribution in [0.1, 0.15) is 31.9 Å². The van der Waals surface area contributed by atoms with Gasteiger partial charge in [-0.15, -0.1) is 0 Å². The van der Waals surface area contributed by atoms with Crippen molar-refractivity contribution in [3.63, 3.8) is 0 Å². The minimum Gasteiger partial charge on any atom is -0.393 e. The summed E-state index contributed by atoms with van der Waals surface area (Å²) < 4.78 is 13.7. The average molecular weight is 240 g/mol. The summed E-state index contributed by atoms with van der Waals surface area (Å²) in [7, 11) is 1.88. The summed E-state index contributed by atoms with van der Waals surface area (Å²) >= 11 is 0. The second kappa shape index (κ2) is 5.98. The van der Waals surface area contributed by atoms with Gasteiger partial charge in [0.25, 0.3) is 0 Å². The van der Waals surface area contributed by atoms with Crippen LogP contribution in [0, 0.1) is 5.82 Å². The first-order valence-corrected chi connectivity index (χ1v) is 5.86. The summed E-state index contributed by atoms with van der Waals surface area (Å²) in [6.07, 6.45) is 0.288. The van der Waals surface area contributed by atoms with Crippen molar-refractivity contribution >= 4 is 5.69 Å². The van der Waals surface area contributed by atoms with Crippen LogP contribution in [0.4, 0.5) is 10.1 Å². The quantitative estimate of drug-likeness (QED) is 0.828. The standard InChI is InChI=1S/C13H21FN2O/c1-9(17)7-8-16(3)12-6-4-5-11(14)13(12)10(2)15/h4-6,9-10,17H,7-8,15H2,1-3H3. The molecule has 1 aromatic carbocycles. The maximum atomic E-state index is 13.7. The van der Waals surface area contributed by atoms with E-state index in [2.05, 4.69) is 0 Å². The highest BCUT2D eigenvalue weighted by Gasteiger charge is 2.15. The fourth-order valence-corrected chi connectivity index (χ4v) is 1.81. The fraction of sp³-hybridized carbons (Fsp3) is 0.538. The maximum absolute atomic E-state index is 13.7. The maximum Gasteiger partial charge on any atom is 0.130 e. The Labute approximate surface area is 102 Å². The van der Waals surface area contributed by atoms with Gasteiger partial charge in [0.1, 0.15) is 5.82 Å². The third-order valence-corrected chi connectivity index (χ3v) is 2.78. The molecule has 0 radical (unpaired) electrons. The molecule has 0 spiro atoms. The number of nitrogens with zero attached hydrogens (tertiary/aromatic N) is 1. The Morgan fingerprint density at radius 3 is 2.59 bits per heavy atom. The average Bonchev–Trinajstić information content (AvgIpc) is 2.24. The highest BCUT2D eigenvalue weighted by molar-refractivity contribution is 5.54. The first-order chi connectivity index (χ1) is 7.93. The van der Waals surface area contributed by atoms with Gasteiger partial charge in [-0.25, -0.2) is 4.39 Å². The summed E-state index contributed by atoms with van der Waals surface area (Å²) in [6.45, 7) is 4.18. The first kappa shape index (κ1) is 13.9. The van der Waals surface area contributed by atoms with Gasteiger partial charge < -0.3 is 15.7 Å². The molecule has 0 saturated heterocycles. The summed E-state index contributed by atoms with van der Waals surface area (Å²) in [4.78, 5) is 1.93. The van der Waals surface area contributed by atoms with Crippen molar-refractivity contribution in [2.75, 3.05) is 18.5 Å². The molecule has 17 heavy (non-hydrogen) atoms. The number of anilines is 1. The molecule has 0 heterocycles. The number of aliphatic hydroxyl groups excluding tert-OH is 1. The third-order valence-electron chi connectivity index (χ3n) is 2.78. The minimum atomic E-state index is -0.357. The number of halogens is 1. The monoisotopic (exact) mass is 240 g/mol. The molecule has 2 unspecified atom stereocenters. The first-order valence-electron chi connectivity index (χ1n) is 5.86. The summed E-state index contributed by atoms with van der Waals surface area (Å²) in [5, 5.41) is 9.26. The summed E-state index contributed by atoms with van der Waals surface area (Å²) in [5.74, 6) is -0.276. The zero-order chi connectivity index (χ0) is 13.0. The fourth-order valence-electron chi connectivity index (χ4n) is 1.81. The number of hydrogen-bond donors (Lipinski definition) is 2. The Morgan fingerprint density at radius 2 is 2.06 bits per heavy atom. The Kier molecular flexibility index (Phi) is 4.90. The molecule has 0 aliphatic carbocycles. The number of rotatable bonds is 5. The van der Waals surface area contributed by atoms with Gasteiger partial charge in [0.15, 0.2) is 0 Å². The number of aliphatic hydroxyl groups is 1. The SMILES string of the molecule is CC(O)CCN(C)c1cccc(F)c1C(C)N. The van der Waals surface area contributed by atoms with Gasteiger partial charge in [-0.3, -0.25) is 0 Å². The van der Waals surface area contributed by atoms with E-state index in [0.29, 0.717) is 18.5 Å². The topological polar surface area (TPSA) is 49.5 Å².